The summed E-state index contributed by atoms with van der Waals surface area (Å²) >= 11 is 0. The van der Waals surface area contributed by atoms with E-state index in [1.165, 1.54) is 25.7 Å². The zero-order valence-electron chi connectivity index (χ0n) is 9.87. The summed E-state index contributed by atoms with van der Waals surface area (Å²) in [5, 5.41) is 0. The van der Waals surface area contributed by atoms with Crippen molar-refractivity contribution in [1.29, 1.82) is 0 Å². The minimum atomic E-state index is -0.0735. The smallest absolute Gasteiger partial charge is 0.305 e. The first kappa shape index (κ1) is 12.3. The van der Waals surface area contributed by atoms with E-state index >= 15 is 0 Å². The van der Waals surface area contributed by atoms with Crippen LogP contribution in [0.15, 0.2) is 12.2 Å². The molecule has 0 heterocycles. The molecule has 0 spiro atoms. The third-order valence-corrected chi connectivity index (χ3v) is 2.83. The topological polar surface area (TPSA) is 26.3 Å². The lowest BCUT2D eigenvalue weighted by Gasteiger charge is -2.00. The summed E-state index contributed by atoms with van der Waals surface area (Å²) < 4.78 is 5.10. The molecule has 2 heteroatoms. The highest BCUT2D eigenvalue weighted by atomic mass is 16.5. The Morgan fingerprint density at radius 2 is 2.27 bits per heavy atom. The van der Waals surface area contributed by atoms with Crippen LogP contribution in [-0.2, 0) is 9.53 Å². The number of unbranched alkanes of at least 4 members (excludes halogenated alkanes) is 2. The second kappa shape index (κ2) is 6.65. The molecule has 0 saturated heterocycles. The van der Waals surface area contributed by atoms with Crippen molar-refractivity contribution in [3.8, 4) is 0 Å². The number of carbonyl (C=O) groups excluding carboxylic acids is 1. The quantitative estimate of drug-likeness (QED) is 0.366. The number of allylic oxidation sites excluding steroid dienone is 2. The fraction of sp³-hybridized carbons (Fsp3) is 0.769. The van der Waals surface area contributed by atoms with Crippen molar-refractivity contribution in [2.75, 3.05) is 6.61 Å². The van der Waals surface area contributed by atoms with Gasteiger partial charge < -0.3 is 4.74 Å². The van der Waals surface area contributed by atoms with E-state index in [1.807, 2.05) is 6.92 Å². The second-order valence-corrected chi connectivity index (χ2v) is 4.27. The summed E-state index contributed by atoms with van der Waals surface area (Å²) in [5.74, 6) is 1.19. The molecule has 0 bridgehead atoms. The predicted molar refractivity (Wildman–Crippen MR) is 61.5 cm³/mol. The molecule has 86 valence electrons. The average Bonchev–Trinajstić information content (AvgIpc) is 3.00. The van der Waals surface area contributed by atoms with E-state index in [2.05, 4.69) is 19.1 Å². The Balaban J connectivity index is 2.02. The van der Waals surface area contributed by atoms with Crippen molar-refractivity contribution in [3.05, 3.63) is 12.2 Å². The molecular formula is C13H22O2. The van der Waals surface area contributed by atoms with Crippen LogP contribution in [0.25, 0.3) is 0 Å². The largest absolute Gasteiger partial charge is 0.465 e. The Bertz CT molecular complexity index is 221. The van der Waals surface area contributed by atoms with Gasteiger partial charge in [0, 0.05) is 6.42 Å². The van der Waals surface area contributed by atoms with E-state index in [0.717, 1.165) is 0 Å². The maximum atomic E-state index is 10.9. The molecule has 1 aliphatic rings. The van der Waals surface area contributed by atoms with Gasteiger partial charge in [-0.05, 0) is 24.7 Å². The molecular weight excluding hydrogens is 188 g/mol. The van der Waals surface area contributed by atoms with Gasteiger partial charge in [0.2, 0.25) is 0 Å². The Labute approximate surface area is 92.7 Å². The summed E-state index contributed by atoms with van der Waals surface area (Å²) in [6, 6.07) is 0. The normalized spacial score (nSPS) is 24.4. The lowest BCUT2D eigenvalue weighted by atomic mass is 10.2. The number of rotatable bonds is 7. The van der Waals surface area contributed by atoms with Crippen molar-refractivity contribution >= 4 is 5.97 Å². The molecule has 0 aromatic rings. The summed E-state index contributed by atoms with van der Waals surface area (Å²) in [7, 11) is 0. The highest BCUT2D eigenvalue weighted by molar-refractivity contribution is 5.68. The standard InChI is InChI=1S/C13H22O2/c1-3-5-6-7-8-11-9-12(11)10-15-13(14)4-2/h7-8,11-12H,3-6,9-10H2,1-2H3/b8-7-/t11-,12-/m0/s1. The fourth-order valence-electron chi connectivity index (χ4n) is 1.59. The molecule has 0 aliphatic heterocycles. The van der Waals surface area contributed by atoms with Crippen LogP contribution in [0, 0.1) is 11.8 Å². The van der Waals surface area contributed by atoms with Crippen LogP contribution in [0.5, 0.6) is 0 Å². The summed E-state index contributed by atoms with van der Waals surface area (Å²) in [4.78, 5) is 10.9. The molecule has 2 atom stereocenters. The minimum absolute atomic E-state index is 0.0735. The first-order valence-electron chi connectivity index (χ1n) is 6.10. The molecule has 0 aromatic heterocycles. The van der Waals surface area contributed by atoms with Crippen LogP contribution >= 0.6 is 0 Å². The number of hydrogen-bond acceptors (Lipinski definition) is 2. The van der Waals surface area contributed by atoms with Gasteiger partial charge in [-0.3, -0.25) is 4.79 Å². The van der Waals surface area contributed by atoms with Crippen LogP contribution < -0.4 is 0 Å². The van der Waals surface area contributed by atoms with Crippen molar-refractivity contribution < 1.29 is 9.53 Å². The van der Waals surface area contributed by atoms with Crippen LogP contribution in [0.2, 0.25) is 0 Å². The molecule has 1 rings (SSSR count). The van der Waals surface area contributed by atoms with Crippen LogP contribution in [-0.4, -0.2) is 12.6 Å². The van der Waals surface area contributed by atoms with E-state index in [4.69, 9.17) is 4.74 Å². The first-order valence-corrected chi connectivity index (χ1v) is 6.10. The van der Waals surface area contributed by atoms with Crippen molar-refractivity contribution in [2.24, 2.45) is 11.8 Å². The summed E-state index contributed by atoms with van der Waals surface area (Å²) in [5.41, 5.74) is 0. The van der Waals surface area contributed by atoms with Gasteiger partial charge in [-0.25, -0.2) is 0 Å². The molecule has 0 aromatic carbocycles. The number of hydrogen-bond donors (Lipinski definition) is 0. The zero-order chi connectivity index (χ0) is 11.1. The van der Waals surface area contributed by atoms with Gasteiger partial charge in [-0.1, -0.05) is 38.8 Å². The number of ether oxygens (including phenoxy) is 1. The molecule has 15 heavy (non-hydrogen) atoms. The molecule has 0 unspecified atom stereocenters. The van der Waals surface area contributed by atoms with Gasteiger partial charge in [0.05, 0.1) is 6.61 Å². The van der Waals surface area contributed by atoms with Crippen LogP contribution in [0.1, 0.15) is 46.0 Å². The number of carbonyl (C=O) groups is 1. The molecule has 2 nitrogen and oxygen atoms in total. The molecule has 0 radical (unpaired) electrons. The Hall–Kier alpha value is -0.790. The minimum Gasteiger partial charge on any atom is -0.465 e. The van der Waals surface area contributed by atoms with Gasteiger partial charge >= 0.3 is 5.97 Å². The molecule has 0 amide bonds. The Kier molecular flexibility index (Phi) is 5.44. The molecule has 1 fully saturated rings. The lowest BCUT2D eigenvalue weighted by molar-refractivity contribution is -0.143. The monoisotopic (exact) mass is 210 g/mol. The second-order valence-electron chi connectivity index (χ2n) is 4.27. The van der Waals surface area contributed by atoms with Gasteiger partial charge in [-0.15, -0.1) is 0 Å². The lowest BCUT2D eigenvalue weighted by Crippen LogP contribution is -2.05. The first-order chi connectivity index (χ1) is 7.27. The maximum Gasteiger partial charge on any atom is 0.305 e. The van der Waals surface area contributed by atoms with Crippen LogP contribution in [0.3, 0.4) is 0 Å². The third kappa shape index (κ3) is 5.01. The molecule has 0 N–H and O–H groups in total. The van der Waals surface area contributed by atoms with Gasteiger partial charge in [0.25, 0.3) is 0 Å². The van der Waals surface area contributed by atoms with E-state index < -0.39 is 0 Å². The van der Waals surface area contributed by atoms with Crippen LogP contribution in [0.4, 0.5) is 0 Å². The Morgan fingerprint density at radius 1 is 1.47 bits per heavy atom. The third-order valence-electron chi connectivity index (χ3n) is 2.83. The van der Waals surface area contributed by atoms with Gasteiger partial charge in [0.1, 0.15) is 0 Å². The number of esters is 1. The fourth-order valence-corrected chi connectivity index (χ4v) is 1.59. The highest BCUT2D eigenvalue weighted by Crippen LogP contribution is 2.39. The van der Waals surface area contributed by atoms with E-state index in [-0.39, 0.29) is 5.97 Å². The predicted octanol–water partition coefficient (Wildman–Crippen LogP) is 3.32. The molecule has 1 saturated carbocycles. The SMILES string of the molecule is CCCC/C=C\[C@H]1C[C@H]1COC(=O)CC. The van der Waals surface area contributed by atoms with E-state index in [9.17, 15) is 4.79 Å². The van der Waals surface area contributed by atoms with Gasteiger partial charge in [0.15, 0.2) is 0 Å². The summed E-state index contributed by atoms with van der Waals surface area (Å²) in [6.45, 7) is 4.66. The van der Waals surface area contributed by atoms with Crippen molar-refractivity contribution in [1.82, 2.24) is 0 Å². The Morgan fingerprint density at radius 3 is 2.93 bits per heavy atom. The molecule has 1 aliphatic carbocycles. The van der Waals surface area contributed by atoms with E-state index in [0.29, 0.717) is 24.9 Å². The zero-order valence-corrected chi connectivity index (χ0v) is 9.87. The average molecular weight is 210 g/mol. The maximum absolute atomic E-state index is 10.9. The van der Waals surface area contributed by atoms with Crippen molar-refractivity contribution in [2.45, 2.75) is 46.0 Å². The van der Waals surface area contributed by atoms with E-state index in [1.54, 1.807) is 0 Å². The highest BCUT2D eigenvalue weighted by Gasteiger charge is 2.35. The van der Waals surface area contributed by atoms with Crippen molar-refractivity contribution in [3.63, 3.8) is 0 Å². The summed E-state index contributed by atoms with van der Waals surface area (Å²) in [6.07, 6.45) is 9.97. The van der Waals surface area contributed by atoms with Gasteiger partial charge in [-0.2, -0.15) is 0 Å².